The Kier molecular flexibility index (Phi) is 7.02. The number of phenolic OH excluding ortho intramolecular Hbond substituents is 1. The first-order chi connectivity index (χ1) is 12.3. The molecule has 0 saturated carbocycles. The van der Waals surface area contributed by atoms with Gasteiger partial charge in [0.15, 0.2) is 11.7 Å². The number of aromatic hydroxyl groups is 1. The zero-order valence-corrected chi connectivity index (χ0v) is 15.4. The molecule has 0 fully saturated rings. The van der Waals surface area contributed by atoms with Gasteiger partial charge >= 0.3 is 0 Å². The number of nitrogens with one attached hydrogen (secondary N) is 3. The zero-order valence-electron chi connectivity index (χ0n) is 13.1. The maximum absolute atomic E-state index is 11.8. The molecule has 2 rings (SSSR count). The van der Waals surface area contributed by atoms with E-state index in [1.165, 1.54) is 36.4 Å². The van der Waals surface area contributed by atoms with E-state index in [9.17, 15) is 14.7 Å². The first kappa shape index (κ1) is 19.8. The number of amides is 2. The molecule has 26 heavy (non-hydrogen) atoms. The number of thiocarbonyl (C=S) groups is 1. The number of benzene rings is 2. The van der Waals surface area contributed by atoms with Crippen molar-refractivity contribution in [2.75, 3.05) is 6.61 Å². The summed E-state index contributed by atoms with van der Waals surface area (Å²) >= 11 is 16.6. The maximum Gasteiger partial charge on any atom is 0.269 e. The van der Waals surface area contributed by atoms with Crippen molar-refractivity contribution in [3.63, 3.8) is 0 Å². The van der Waals surface area contributed by atoms with E-state index < -0.39 is 11.8 Å². The molecule has 0 aliphatic rings. The summed E-state index contributed by atoms with van der Waals surface area (Å²) in [6, 6.07) is 10.2. The van der Waals surface area contributed by atoms with Crippen molar-refractivity contribution in [1.82, 2.24) is 16.2 Å². The summed E-state index contributed by atoms with van der Waals surface area (Å²) in [5, 5.41) is 12.1. The summed E-state index contributed by atoms with van der Waals surface area (Å²) in [5.74, 6) is -0.706. The molecule has 0 atom stereocenters. The van der Waals surface area contributed by atoms with Gasteiger partial charge in [0.1, 0.15) is 11.5 Å². The number of hydrogen-bond acceptors (Lipinski definition) is 5. The number of rotatable bonds is 4. The highest BCUT2D eigenvalue weighted by Gasteiger charge is 2.10. The second kappa shape index (κ2) is 9.23. The average molecular weight is 414 g/mol. The van der Waals surface area contributed by atoms with Crippen molar-refractivity contribution in [3.05, 3.63) is 58.1 Å². The smallest absolute Gasteiger partial charge is 0.269 e. The van der Waals surface area contributed by atoms with Crippen LogP contribution in [0, 0.1) is 0 Å². The van der Waals surface area contributed by atoms with Gasteiger partial charge in [0.2, 0.25) is 0 Å². The van der Waals surface area contributed by atoms with Crippen LogP contribution in [0.4, 0.5) is 0 Å². The number of halogens is 2. The Morgan fingerprint density at radius 3 is 2.42 bits per heavy atom. The van der Waals surface area contributed by atoms with Gasteiger partial charge in [0.05, 0.1) is 5.02 Å². The third-order valence-corrected chi connectivity index (χ3v) is 3.66. The van der Waals surface area contributed by atoms with Gasteiger partial charge in [0, 0.05) is 10.6 Å². The first-order valence-corrected chi connectivity index (χ1v) is 8.28. The Balaban J connectivity index is 1.75. The van der Waals surface area contributed by atoms with E-state index >= 15 is 0 Å². The van der Waals surface area contributed by atoms with E-state index in [1.807, 2.05) is 0 Å². The van der Waals surface area contributed by atoms with E-state index in [1.54, 1.807) is 6.07 Å². The average Bonchev–Trinajstić information content (AvgIpc) is 2.59. The molecule has 0 unspecified atom stereocenters. The van der Waals surface area contributed by atoms with Crippen LogP contribution in [0.15, 0.2) is 42.5 Å². The molecule has 0 aromatic heterocycles. The zero-order chi connectivity index (χ0) is 19.1. The SMILES string of the molecule is O=C(COc1ccc(Cl)cc1Cl)NC(=S)NNC(=O)c1ccc(O)cc1. The van der Waals surface area contributed by atoms with Crippen molar-refractivity contribution in [1.29, 1.82) is 0 Å². The number of carbonyl (C=O) groups excluding carboxylic acids is 2. The molecule has 2 aromatic rings. The molecule has 4 N–H and O–H groups in total. The first-order valence-electron chi connectivity index (χ1n) is 7.12. The van der Waals surface area contributed by atoms with E-state index in [0.29, 0.717) is 16.3 Å². The summed E-state index contributed by atoms with van der Waals surface area (Å²) in [7, 11) is 0. The fourth-order valence-corrected chi connectivity index (χ4v) is 2.36. The highest BCUT2D eigenvalue weighted by molar-refractivity contribution is 7.80. The summed E-state index contributed by atoms with van der Waals surface area (Å²) in [5.41, 5.74) is 4.99. The summed E-state index contributed by atoms with van der Waals surface area (Å²) in [4.78, 5) is 23.6. The Bertz CT molecular complexity index is 831. The predicted octanol–water partition coefficient (Wildman–Crippen LogP) is 2.41. The van der Waals surface area contributed by atoms with Crippen LogP contribution in [0.2, 0.25) is 10.0 Å². The number of ether oxygens (including phenoxy) is 1. The minimum Gasteiger partial charge on any atom is -0.508 e. The molecular weight excluding hydrogens is 401 g/mol. The highest BCUT2D eigenvalue weighted by Crippen LogP contribution is 2.27. The lowest BCUT2D eigenvalue weighted by atomic mass is 10.2. The van der Waals surface area contributed by atoms with Crippen LogP contribution in [-0.2, 0) is 4.79 Å². The van der Waals surface area contributed by atoms with Crippen LogP contribution >= 0.6 is 35.4 Å². The van der Waals surface area contributed by atoms with E-state index in [2.05, 4.69) is 16.2 Å². The molecule has 0 saturated heterocycles. The van der Waals surface area contributed by atoms with Crippen molar-refractivity contribution in [2.45, 2.75) is 0 Å². The molecule has 0 aliphatic heterocycles. The molecule has 2 amide bonds. The minimum atomic E-state index is -0.549. The molecule has 0 aliphatic carbocycles. The Morgan fingerprint density at radius 1 is 1.08 bits per heavy atom. The molecule has 7 nitrogen and oxygen atoms in total. The predicted molar refractivity (Wildman–Crippen MR) is 101 cm³/mol. The highest BCUT2D eigenvalue weighted by atomic mass is 35.5. The van der Waals surface area contributed by atoms with Gasteiger partial charge in [-0.15, -0.1) is 0 Å². The number of hydrazine groups is 1. The second-order valence-electron chi connectivity index (χ2n) is 4.87. The van der Waals surface area contributed by atoms with Gasteiger partial charge in [-0.05, 0) is 54.7 Å². The van der Waals surface area contributed by atoms with E-state index in [-0.39, 0.29) is 22.5 Å². The summed E-state index contributed by atoms with van der Waals surface area (Å²) in [6.45, 7) is -0.338. The fourth-order valence-electron chi connectivity index (χ4n) is 1.73. The second-order valence-corrected chi connectivity index (χ2v) is 6.12. The third-order valence-electron chi connectivity index (χ3n) is 2.92. The third kappa shape index (κ3) is 6.07. The van der Waals surface area contributed by atoms with Crippen molar-refractivity contribution in [2.24, 2.45) is 0 Å². The molecule has 2 aromatic carbocycles. The topological polar surface area (TPSA) is 99.7 Å². The lowest BCUT2D eigenvalue weighted by molar-refractivity contribution is -0.121. The Hall–Kier alpha value is -2.55. The monoisotopic (exact) mass is 413 g/mol. The van der Waals surface area contributed by atoms with Crippen molar-refractivity contribution in [3.8, 4) is 11.5 Å². The van der Waals surface area contributed by atoms with Gasteiger partial charge in [0.25, 0.3) is 11.8 Å². The summed E-state index contributed by atoms with van der Waals surface area (Å²) < 4.78 is 5.26. The van der Waals surface area contributed by atoms with Gasteiger partial charge in [-0.25, -0.2) is 0 Å². The van der Waals surface area contributed by atoms with Gasteiger partial charge in [-0.3, -0.25) is 25.8 Å². The lowest BCUT2D eigenvalue weighted by Gasteiger charge is -2.12. The molecule has 0 spiro atoms. The fraction of sp³-hybridized carbons (Fsp3) is 0.0625. The molecule has 0 heterocycles. The van der Waals surface area contributed by atoms with Crippen LogP contribution in [0.3, 0.4) is 0 Å². The largest absolute Gasteiger partial charge is 0.508 e. The van der Waals surface area contributed by atoms with Crippen LogP contribution < -0.4 is 20.9 Å². The van der Waals surface area contributed by atoms with Gasteiger partial charge in [-0.1, -0.05) is 23.2 Å². The lowest BCUT2D eigenvalue weighted by Crippen LogP contribution is -2.49. The number of hydrogen-bond donors (Lipinski definition) is 4. The van der Waals surface area contributed by atoms with Crippen LogP contribution in [0.5, 0.6) is 11.5 Å². The quantitative estimate of drug-likeness (QED) is 0.453. The van der Waals surface area contributed by atoms with Crippen LogP contribution in [-0.4, -0.2) is 28.6 Å². The molecule has 10 heteroatoms. The molecule has 0 radical (unpaired) electrons. The van der Waals surface area contributed by atoms with Gasteiger partial charge < -0.3 is 9.84 Å². The summed E-state index contributed by atoms with van der Waals surface area (Å²) in [6.07, 6.45) is 0. The van der Waals surface area contributed by atoms with Crippen molar-refractivity contribution >= 4 is 52.3 Å². The van der Waals surface area contributed by atoms with Gasteiger partial charge in [-0.2, -0.15) is 0 Å². The normalized spacial score (nSPS) is 9.92. The van der Waals surface area contributed by atoms with Crippen LogP contribution in [0.1, 0.15) is 10.4 Å². The Labute approximate surface area is 164 Å². The number of phenols is 1. The molecule has 0 bridgehead atoms. The number of carbonyl (C=O) groups is 2. The maximum atomic E-state index is 11.8. The molecule has 136 valence electrons. The standard InChI is InChI=1S/C16H13Cl2N3O4S/c17-10-3-6-13(12(18)7-10)25-8-14(23)19-16(26)21-20-15(24)9-1-4-11(22)5-2-9/h1-7,22H,8H2,(H,20,24)(H2,19,21,23,26). The van der Waals surface area contributed by atoms with E-state index in [0.717, 1.165) is 0 Å². The van der Waals surface area contributed by atoms with Crippen LogP contribution in [0.25, 0.3) is 0 Å². The Morgan fingerprint density at radius 2 is 1.77 bits per heavy atom. The van der Waals surface area contributed by atoms with E-state index in [4.69, 9.17) is 40.2 Å². The molecular formula is C16H13Cl2N3O4S. The minimum absolute atomic E-state index is 0.0399. The van der Waals surface area contributed by atoms with Crippen molar-refractivity contribution < 1.29 is 19.4 Å².